The zero-order valence-electron chi connectivity index (χ0n) is 6.50. The smallest absolute Gasteiger partial charge is 0.155 e. The van der Waals surface area contributed by atoms with Crippen molar-refractivity contribution in [2.75, 3.05) is 12.8 Å². The van der Waals surface area contributed by atoms with Crippen molar-refractivity contribution in [2.45, 2.75) is 0 Å². The van der Waals surface area contributed by atoms with Crippen molar-refractivity contribution >= 4 is 12.0 Å². The molecule has 1 rings (SSSR count). The number of methoxy groups -OCH3 is 1. The quantitative estimate of drug-likeness (QED) is 0.535. The molecule has 12 heavy (non-hydrogen) atoms. The molecule has 0 fully saturated rings. The molecule has 4 heteroatoms. The molecule has 0 heterocycles. The number of hydrogen-bond acceptors (Lipinski definition) is 3. The summed E-state index contributed by atoms with van der Waals surface area (Å²) in [5, 5.41) is 0. The van der Waals surface area contributed by atoms with Crippen LogP contribution in [0, 0.1) is 5.82 Å². The predicted octanol–water partition coefficient (Wildman–Crippen LogP) is 1.23. The third-order valence-corrected chi connectivity index (χ3v) is 1.53. The maximum atomic E-state index is 12.7. The molecule has 64 valence electrons. The molecule has 0 radical (unpaired) electrons. The maximum Gasteiger partial charge on any atom is 0.155 e. The van der Waals surface area contributed by atoms with Crippen LogP contribution in [0.5, 0.6) is 5.75 Å². The Balaban J connectivity index is 3.35. The van der Waals surface area contributed by atoms with E-state index in [1.54, 1.807) is 0 Å². The largest absolute Gasteiger partial charge is 0.496 e. The molecule has 0 aliphatic heterocycles. The van der Waals surface area contributed by atoms with Crippen molar-refractivity contribution < 1.29 is 13.9 Å². The van der Waals surface area contributed by atoms with Gasteiger partial charge in [0.1, 0.15) is 11.6 Å². The molecular weight excluding hydrogens is 161 g/mol. The number of nitrogens with two attached hydrogens (primary N) is 1. The Bertz CT molecular complexity index is 312. The average molecular weight is 169 g/mol. The summed E-state index contributed by atoms with van der Waals surface area (Å²) in [7, 11) is 1.39. The number of hydrogen-bond donors (Lipinski definition) is 1. The fourth-order valence-electron chi connectivity index (χ4n) is 0.889. The number of aldehydes is 1. The van der Waals surface area contributed by atoms with Crippen LogP contribution in [0.25, 0.3) is 0 Å². The first-order valence-electron chi connectivity index (χ1n) is 3.28. The second-order valence-electron chi connectivity index (χ2n) is 2.19. The van der Waals surface area contributed by atoms with Crippen molar-refractivity contribution in [3.05, 3.63) is 23.5 Å². The highest BCUT2D eigenvalue weighted by Gasteiger charge is 2.09. The Morgan fingerprint density at radius 2 is 2.25 bits per heavy atom. The van der Waals surface area contributed by atoms with Gasteiger partial charge in [0, 0.05) is 0 Å². The van der Waals surface area contributed by atoms with E-state index in [1.165, 1.54) is 13.2 Å². The van der Waals surface area contributed by atoms with Gasteiger partial charge in [-0.25, -0.2) is 4.39 Å². The monoisotopic (exact) mass is 169 g/mol. The van der Waals surface area contributed by atoms with E-state index in [-0.39, 0.29) is 17.0 Å². The Labute approximate surface area is 68.9 Å². The maximum absolute atomic E-state index is 12.7. The number of benzene rings is 1. The minimum atomic E-state index is -0.613. The van der Waals surface area contributed by atoms with Gasteiger partial charge in [0.2, 0.25) is 0 Å². The van der Waals surface area contributed by atoms with Gasteiger partial charge in [0.15, 0.2) is 6.29 Å². The highest BCUT2D eigenvalue weighted by molar-refractivity contribution is 5.87. The lowest BCUT2D eigenvalue weighted by Crippen LogP contribution is -1.99. The van der Waals surface area contributed by atoms with Gasteiger partial charge in [-0.3, -0.25) is 4.79 Å². The van der Waals surface area contributed by atoms with Gasteiger partial charge >= 0.3 is 0 Å². The zero-order valence-corrected chi connectivity index (χ0v) is 6.50. The third kappa shape index (κ3) is 1.23. The van der Waals surface area contributed by atoms with E-state index < -0.39 is 5.82 Å². The van der Waals surface area contributed by atoms with Crippen molar-refractivity contribution in [2.24, 2.45) is 0 Å². The van der Waals surface area contributed by atoms with Crippen LogP contribution in [0.2, 0.25) is 0 Å². The molecule has 0 atom stereocenters. The Morgan fingerprint density at radius 3 is 2.75 bits per heavy atom. The number of rotatable bonds is 2. The predicted molar refractivity (Wildman–Crippen MR) is 42.8 cm³/mol. The summed E-state index contributed by atoms with van der Waals surface area (Å²) in [6, 6.07) is 2.51. The van der Waals surface area contributed by atoms with E-state index in [2.05, 4.69) is 0 Å². The number of halogens is 1. The molecule has 3 nitrogen and oxygen atoms in total. The van der Waals surface area contributed by atoms with Crippen LogP contribution < -0.4 is 10.5 Å². The highest BCUT2D eigenvalue weighted by Crippen LogP contribution is 2.24. The fourth-order valence-corrected chi connectivity index (χ4v) is 0.889. The second-order valence-corrected chi connectivity index (χ2v) is 2.19. The highest BCUT2D eigenvalue weighted by atomic mass is 19.1. The van der Waals surface area contributed by atoms with E-state index in [9.17, 15) is 9.18 Å². The van der Waals surface area contributed by atoms with Gasteiger partial charge < -0.3 is 10.5 Å². The first-order valence-corrected chi connectivity index (χ1v) is 3.28. The van der Waals surface area contributed by atoms with E-state index in [4.69, 9.17) is 10.5 Å². The summed E-state index contributed by atoms with van der Waals surface area (Å²) in [5.41, 5.74) is 5.16. The van der Waals surface area contributed by atoms with Crippen LogP contribution in [0.15, 0.2) is 12.1 Å². The normalized spacial score (nSPS) is 9.50. The lowest BCUT2D eigenvalue weighted by atomic mass is 10.1. The summed E-state index contributed by atoms with van der Waals surface area (Å²) >= 11 is 0. The van der Waals surface area contributed by atoms with Crippen molar-refractivity contribution in [3.8, 4) is 5.75 Å². The Morgan fingerprint density at radius 1 is 1.58 bits per heavy atom. The fraction of sp³-hybridized carbons (Fsp3) is 0.125. The molecule has 0 unspecified atom stereocenters. The van der Waals surface area contributed by atoms with Gasteiger partial charge in [-0.2, -0.15) is 0 Å². The molecule has 0 spiro atoms. The van der Waals surface area contributed by atoms with Gasteiger partial charge in [-0.15, -0.1) is 0 Å². The minimum absolute atomic E-state index is 0.0532. The molecule has 0 aliphatic rings. The van der Waals surface area contributed by atoms with Crippen LogP contribution in [0.4, 0.5) is 10.1 Å². The molecule has 0 bridgehead atoms. The summed E-state index contributed by atoms with van der Waals surface area (Å²) in [6.07, 6.45) is 0.469. The Hall–Kier alpha value is -1.58. The molecule has 0 amide bonds. The molecular formula is C8H8FNO2. The molecule has 0 saturated carbocycles. The number of anilines is 1. The van der Waals surface area contributed by atoms with E-state index in [0.717, 1.165) is 6.07 Å². The van der Waals surface area contributed by atoms with Crippen LogP contribution in [-0.2, 0) is 0 Å². The SMILES string of the molecule is COc1ccc(F)c(N)c1C=O. The molecule has 1 aromatic carbocycles. The van der Waals surface area contributed by atoms with Crippen LogP contribution >= 0.6 is 0 Å². The van der Waals surface area contributed by atoms with Gasteiger partial charge in [0.05, 0.1) is 18.4 Å². The number of nitrogen functional groups attached to an aromatic ring is 1. The summed E-state index contributed by atoms with van der Waals surface area (Å²) in [4.78, 5) is 10.4. The molecule has 0 saturated heterocycles. The van der Waals surface area contributed by atoms with Crippen LogP contribution in [0.3, 0.4) is 0 Å². The van der Waals surface area contributed by atoms with Crippen molar-refractivity contribution in [3.63, 3.8) is 0 Å². The molecule has 0 aliphatic carbocycles. The molecule has 2 N–H and O–H groups in total. The first-order chi connectivity index (χ1) is 5.70. The average Bonchev–Trinajstić information content (AvgIpc) is 2.09. The third-order valence-electron chi connectivity index (χ3n) is 1.53. The van der Waals surface area contributed by atoms with Gasteiger partial charge in [-0.05, 0) is 12.1 Å². The standard InChI is InChI=1S/C8H8FNO2/c1-12-7-3-2-6(9)8(10)5(7)4-11/h2-4H,10H2,1H3. The van der Waals surface area contributed by atoms with Gasteiger partial charge in [0.25, 0.3) is 0 Å². The number of carbonyl (C=O) groups is 1. The molecule has 1 aromatic rings. The van der Waals surface area contributed by atoms with Crippen molar-refractivity contribution in [1.29, 1.82) is 0 Å². The van der Waals surface area contributed by atoms with E-state index >= 15 is 0 Å². The Kier molecular flexibility index (Phi) is 2.28. The van der Waals surface area contributed by atoms with E-state index in [1.807, 2.05) is 0 Å². The van der Waals surface area contributed by atoms with E-state index in [0.29, 0.717) is 6.29 Å². The summed E-state index contributed by atoms with van der Waals surface area (Å²) < 4.78 is 17.5. The van der Waals surface area contributed by atoms with Crippen molar-refractivity contribution in [1.82, 2.24) is 0 Å². The lowest BCUT2D eigenvalue weighted by Gasteiger charge is -2.05. The zero-order chi connectivity index (χ0) is 9.14. The van der Waals surface area contributed by atoms with Gasteiger partial charge in [-0.1, -0.05) is 0 Å². The lowest BCUT2D eigenvalue weighted by molar-refractivity contribution is 0.112. The summed E-state index contributed by atoms with van der Waals surface area (Å²) in [6.45, 7) is 0. The molecule has 0 aromatic heterocycles. The summed E-state index contributed by atoms with van der Waals surface area (Å²) in [5.74, 6) is -0.332. The number of ether oxygens (including phenoxy) is 1. The second kappa shape index (κ2) is 3.21. The number of carbonyl (C=O) groups excluding carboxylic acids is 1. The first kappa shape index (κ1) is 8.52. The topological polar surface area (TPSA) is 52.3 Å². The van der Waals surface area contributed by atoms with Crippen LogP contribution in [-0.4, -0.2) is 13.4 Å². The minimum Gasteiger partial charge on any atom is -0.496 e. The van der Waals surface area contributed by atoms with Crippen LogP contribution in [0.1, 0.15) is 10.4 Å².